The van der Waals surface area contributed by atoms with Gasteiger partial charge in [-0.3, -0.25) is 0 Å². The second kappa shape index (κ2) is 77.5. The van der Waals surface area contributed by atoms with Crippen LogP contribution in [0.3, 0.4) is 0 Å². The quantitative estimate of drug-likeness (QED) is 0.396. The maximum Gasteiger partial charge on any atom is 2.00 e. The Morgan fingerprint density at radius 3 is 0.833 bits per heavy atom. The van der Waals surface area contributed by atoms with Crippen molar-refractivity contribution in [2.45, 2.75) is 0 Å². The molecule has 6 heteroatoms. The molecule has 0 aliphatic rings. The van der Waals surface area contributed by atoms with Gasteiger partial charge in [-0.25, -0.2) is 0 Å². The molecular weight excluding hydrogens is 204 g/mol. The first-order valence-corrected chi connectivity index (χ1v) is 1.50. The third kappa shape index (κ3) is 44.6. The summed E-state index contributed by atoms with van der Waals surface area (Å²) >= 11 is 4.44. The van der Waals surface area contributed by atoms with Crippen LogP contribution in [0.1, 0.15) is 0 Å². The van der Waals surface area contributed by atoms with Crippen LogP contribution in [-0.2, 0) is 59.8 Å². The molecule has 0 saturated carbocycles. The third-order valence-corrected chi connectivity index (χ3v) is 0. The topological polar surface area (TPSA) is 47.6 Å². The van der Waals surface area contributed by atoms with Gasteiger partial charge in [-0.2, -0.15) is 0 Å². The van der Waals surface area contributed by atoms with Crippen LogP contribution in [0.15, 0.2) is 0 Å². The fraction of sp³-hybridized carbons (Fsp3) is 0. The van der Waals surface area contributed by atoms with E-state index in [9.17, 15) is 0 Å². The Morgan fingerprint density at radius 2 is 0.833 bits per heavy atom. The van der Waals surface area contributed by atoms with Gasteiger partial charge in [0.1, 0.15) is 0 Å². The van der Waals surface area contributed by atoms with E-state index in [-0.39, 0.29) is 34.1 Å². The average Bonchev–Trinajstić information content (AvgIpc) is 1.50. The van der Waals surface area contributed by atoms with E-state index in [2.05, 4.69) is 25.6 Å². The van der Waals surface area contributed by atoms with Crippen LogP contribution in [-0.4, -0.2) is 0 Å². The first-order valence-electron chi connectivity index (χ1n) is 0.500. The summed E-state index contributed by atoms with van der Waals surface area (Å²) in [6, 6.07) is 0. The van der Waals surface area contributed by atoms with E-state index >= 15 is 0 Å². The summed E-state index contributed by atoms with van der Waals surface area (Å²) < 4.78 is 0. The molecule has 0 aliphatic heterocycles. The summed E-state index contributed by atoms with van der Waals surface area (Å²) in [5.74, 6) is 0. The molecule has 0 rings (SSSR count). The molecule has 0 aromatic heterocycles. The van der Waals surface area contributed by atoms with Crippen molar-refractivity contribution in [1.29, 1.82) is 0 Å². The zero-order chi connectivity index (χ0) is 4.00. The van der Waals surface area contributed by atoms with E-state index in [4.69, 9.17) is 10.3 Å². The first-order chi connectivity index (χ1) is 2.00. The minimum Gasteiger partial charge on any atom is -0.448 e. The van der Waals surface area contributed by atoms with Crippen molar-refractivity contribution in [3.05, 3.63) is 10.3 Å². The Bertz CT molecular complexity index is 9.51. The van der Waals surface area contributed by atoms with Crippen molar-refractivity contribution >= 4 is 25.6 Å². The van der Waals surface area contributed by atoms with E-state index in [0.29, 0.717) is 0 Å². The second-order valence-corrected chi connectivity index (χ2v) is 0. The van der Waals surface area contributed by atoms with Gasteiger partial charge >= 0.3 is 17.1 Å². The van der Waals surface area contributed by atoms with Crippen molar-refractivity contribution < 1.29 is 34.1 Å². The van der Waals surface area contributed by atoms with E-state index < -0.39 is 0 Å². The largest absolute Gasteiger partial charge is 2.00 e. The van der Waals surface area contributed by atoms with Crippen LogP contribution in [0.2, 0.25) is 0 Å². The van der Waals surface area contributed by atoms with Gasteiger partial charge in [0, 0.05) is 17.1 Å². The van der Waals surface area contributed by atoms with Gasteiger partial charge in [-0.1, -0.05) is 0 Å². The molecule has 2 N–H and O–H groups in total. The van der Waals surface area contributed by atoms with E-state index in [1.165, 1.54) is 0 Å². The zero-order valence-electron chi connectivity index (χ0n) is 2.71. The minimum atomic E-state index is 0. The molecule has 0 spiro atoms. The molecule has 0 bridgehead atoms. The average molecular weight is 210 g/mol. The van der Waals surface area contributed by atoms with Crippen LogP contribution >= 0.6 is 0 Å². The van der Waals surface area contributed by atoms with Gasteiger partial charge in [0.15, 0.2) is 0 Å². The Balaban J connectivity index is -0.00000000500. The molecule has 2 nitrogen and oxygen atoms in total. The number of hydrogen-bond donors (Lipinski definition) is 0. The minimum absolute atomic E-state index is 0. The van der Waals surface area contributed by atoms with Crippen molar-refractivity contribution in [1.82, 2.24) is 0 Å². The molecule has 6 heavy (non-hydrogen) atoms. The summed E-state index contributed by atoms with van der Waals surface area (Å²) in [6.45, 7) is 0. The predicted molar refractivity (Wildman–Crippen MR) is 29.0 cm³/mol. The molecule has 0 aliphatic carbocycles. The first kappa shape index (κ1) is 25.4. The Hall–Kier alpha value is 1.66. The third-order valence-electron chi connectivity index (χ3n) is 0. The van der Waals surface area contributed by atoms with Crippen LogP contribution in [0.4, 0.5) is 0 Å². The van der Waals surface area contributed by atoms with Gasteiger partial charge in [0.2, 0.25) is 0 Å². The van der Waals surface area contributed by atoms with Crippen LogP contribution in [0.25, 0.3) is 10.3 Å². The molecule has 0 unspecified atom stereocenters. The Kier molecular flexibility index (Phi) is 328. The summed E-state index contributed by atoms with van der Waals surface area (Å²) in [6.07, 6.45) is 0. The molecule has 0 aromatic rings. The fourth-order valence-electron chi connectivity index (χ4n) is 0. The van der Waals surface area contributed by atoms with Crippen LogP contribution in [0.5, 0.6) is 0 Å². The standard InChI is InChI=1S/2Fe.2H3NS/c;;2*1-2/h;;2*1H,2H2/q;+2;;. The molecule has 0 heterocycles. The Morgan fingerprint density at radius 1 is 0.833 bits per heavy atom. The van der Waals surface area contributed by atoms with Crippen molar-refractivity contribution in [2.24, 2.45) is 0 Å². The number of hydrogen-bond acceptors (Lipinski definition) is 0. The maximum atomic E-state index is 5.56. The van der Waals surface area contributed by atoms with Crippen molar-refractivity contribution in [2.75, 3.05) is 0 Å². The fourth-order valence-corrected chi connectivity index (χ4v) is 0. The maximum absolute atomic E-state index is 5.56. The van der Waals surface area contributed by atoms with Crippen molar-refractivity contribution in [3.8, 4) is 0 Å². The van der Waals surface area contributed by atoms with Crippen molar-refractivity contribution in [3.63, 3.8) is 0 Å². The van der Waals surface area contributed by atoms with Crippen LogP contribution < -0.4 is 0 Å². The molecule has 0 atom stereocenters. The second-order valence-electron chi connectivity index (χ2n) is 0. The molecule has 0 aromatic carbocycles. The van der Waals surface area contributed by atoms with Gasteiger partial charge in [-0.05, 0) is 0 Å². The SMILES string of the molecule is [Fe+2].[Fe].[NH-][SH2+].[NH-][SH2+]. The molecule has 42 valence electrons. The van der Waals surface area contributed by atoms with Crippen LogP contribution in [0, 0.1) is 0 Å². The van der Waals surface area contributed by atoms with Gasteiger partial charge in [-0.15, -0.1) is 25.6 Å². The summed E-state index contributed by atoms with van der Waals surface area (Å²) in [5.41, 5.74) is 0. The number of rotatable bonds is 0. The van der Waals surface area contributed by atoms with E-state index in [0.717, 1.165) is 0 Å². The Labute approximate surface area is 69.8 Å². The summed E-state index contributed by atoms with van der Waals surface area (Å²) in [7, 11) is 0. The smallest absolute Gasteiger partial charge is 0.448 e. The van der Waals surface area contributed by atoms with Gasteiger partial charge < -0.3 is 10.3 Å². The monoisotopic (exact) mass is 210 g/mol. The molecule has 0 saturated heterocycles. The normalized spacial score (nSPS) is 2.00. The van der Waals surface area contributed by atoms with E-state index in [1.54, 1.807) is 0 Å². The summed E-state index contributed by atoms with van der Waals surface area (Å²) in [5, 5.41) is 11.1. The zero-order valence-corrected chi connectivity index (χ0v) is 6.92. The van der Waals surface area contributed by atoms with Gasteiger partial charge in [0.05, 0.1) is 0 Å². The summed E-state index contributed by atoms with van der Waals surface area (Å²) in [4.78, 5) is 0. The van der Waals surface area contributed by atoms with Gasteiger partial charge in [0.25, 0.3) is 0 Å². The predicted octanol–water partition coefficient (Wildman–Crippen LogP) is -0.0748. The van der Waals surface area contributed by atoms with E-state index in [1.807, 2.05) is 0 Å². The molecule has 0 radical (unpaired) electrons. The molecular formula is H6Fe2N2S2+2. The molecule has 0 fully saturated rings. The molecule has 0 amide bonds. The number of nitrogens with one attached hydrogen (secondary N) is 2.